The Bertz CT molecular complexity index is 745. The molecule has 6 heteroatoms. The normalized spacial score (nSPS) is 11.8. The summed E-state index contributed by atoms with van der Waals surface area (Å²) in [5.74, 6) is -0.573. The highest BCUT2D eigenvalue weighted by Gasteiger charge is 2.15. The Morgan fingerprint density at radius 2 is 1.73 bits per heavy atom. The second-order valence-corrected chi connectivity index (χ2v) is 7.06. The molecule has 2 aromatic rings. The molecule has 0 aliphatic rings. The fourth-order valence-electron chi connectivity index (χ4n) is 2.12. The Morgan fingerprint density at radius 1 is 1.05 bits per heavy atom. The van der Waals surface area contributed by atoms with Crippen LogP contribution in [0.15, 0.2) is 53.4 Å². The van der Waals surface area contributed by atoms with Crippen molar-refractivity contribution in [3.63, 3.8) is 0 Å². The summed E-state index contributed by atoms with van der Waals surface area (Å²) >= 11 is 0. The van der Waals surface area contributed by atoms with Crippen molar-refractivity contribution in [2.24, 2.45) is 0 Å². The molecule has 0 bridgehead atoms. The van der Waals surface area contributed by atoms with Crippen molar-refractivity contribution in [2.45, 2.75) is 18.0 Å². The van der Waals surface area contributed by atoms with Gasteiger partial charge in [0.15, 0.2) is 0 Å². The van der Waals surface area contributed by atoms with Gasteiger partial charge in [-0.25, -0.2) is 17.5 Å². The van der Waals surface area contributed by atoms with Crippen LogP contribution in [0.5, 0.6) is 0 Å². The first kappa shape index (κ1) is 16.6. The first-order valence-electron chi connectivity index (χ1n) is 6.85. The van der Waals surface area contributed by atoms with Gasteiger partial charge in [-0.1, -0.05) is 30.3 Å². The van der Waals surface area contributed by atoms with E-state index >= 15 is 0 Å². The second-order valence-electron chi connectivity index (χ2n) is 5.29. The van der Waals surface area contributed by atoms with Gasteiger partial charge in [0.1, 0.15) is 5.82 Å². The zero-order valence-electron chi connectivity index (χ0n) is 12.6. The molecule has 0 aromatic heterocycles. The molecule has 0 heterocycles. The van der Waals surface area contributed by atoms with E-state index < -0.39 is 15.8 Å². The Hall–Kier alpha value is -1.76. The number of hydrogen-bond donors (Lipinski definition) is 1. The monoisotopic (exact) mass is 322 g/mol. The van der Waals surface area contributed by atoms with E-state index in [1.807, 2.05) is 43.3 Å². The number of rotatable bonds is 6. The molecule has 0 unspecified atom stereocenters. The van der Waals surface area contributed by atoms with Gasteiger partial charge in [-0.2, -0.15) is 0 Å². The molecule has 0 aliphatic carbocycles. The maximum absolute atomic E-state index is 13.2. The summed E-state index contributed by atoms with van der Waals surface area (Å²) < 4.78 is 40.1. The molecule has 0 fully saturated rings. The first-order chi connectivity index (χ1) is 10.4. The molecule has 2 rings (SSSR count). The number of sulfonamides is 1. The zero-order chi connectivity index (χ0) is 16.2. The van der Waals surface area contributed by atoms with Crippen LogP contribution in [0, 0.1) is 5.82 Å². The lowest BCUT2D eigenvalue weighted by Crippen LogP contribution is -2.24. The van der Waals surface area contributed by atoms with Crippen LogP contribution in [0.3, 0.4) is 0 Å². The Balaban J connectivity index is 2.16. The van der Waals surface area contributed by atoms with Crippen LogP contribution in [0.1, 0.15) is 11.1 Å². The molecule has 2 aromatic carbocycles. The van der Waals surface area contributed by atoms with Crippen LogP contribution >= 0.6 is 0 Å². The maximum atomic E-state index is 13.2. The molecular formula is C16H19FN2O2S. The van der Waals surface area contributed by atoms with E-state index in [2.05, 4.69) is 4.72 Å². The average Bonchev–Trinajstić information content (AvgIpc) is 2.46. The van der Waals surface area contributed by atoms with Gasteiger partial charge in [0.25, 0.3) is 0 Å². The number of nitrogens with one attached hydrogen (secondary N) is 1. The van der Waals surface area contributed by atoms with E-state index in [1.165, 1.54) is 18.2 Å². The summed E-state index contributed by atoms with van der Waals surface area (Å²) in [5, 5.41) is 0. The van der Waals surface area contributed by atoms with Crippen molar-refractivity contribution in [3.8, 4) is 0 Å². The van der Waals surface area contributed by atoms with Gasteiger partial charge in [0.05, 0.1) is 4.90 Å². The molecule has 0 saturated carbocycles. The predicted molar refractivity (Wildman–Crippen MR) is 84.3 cm³/mol. The largest absolute Gasteiger partial charge is 0.305 e. The molecule has 1 N–H and O–H groups in total. The van der Waals surface area contributed by atoms with Crippen molar-refractivity contribution in [1.82, 2.24) is 9.62 Å². The molecule has 0 spiro atoms. The van der Waals surface area contributed by atoms with Crippen LogP contribution in [-0.4, -0.2) is 27.4 Å². The molecule has 0 atom stereocenters. The second kappa shape index (κ2) is 7.00. The van der Waals surface area contributed by atoms with Crippen molar-refractivity contribution in [2.75, 3.05) is 14.1 Å². The quantitative estimate of drug-likeness (QED) is 0.888. The minimum atomic E-state index is -3.73. The minimum Gasteiger partial charge on any atom is -0.305 e. The van der Waals surface area contributed by atoms with Gasteiger partial charge < -0.3 is 4.90 Å². The van der Waals surface area contributed by atoms with Crippen LogP contribution in [0.25, 0.3) is 0 Å². The molecule has 0 radical (unpaired) electrons. The van der Waals surface area contributed by atoms with E-state index in [4.69, 9.17) is 0 Å². The molecule has 0 saturated heterocycles. The van der Waals surface area contributed by atoms with Gasteiger partial charge >= 0.3 is 0 Å². The van der Waals surface area contributed by atoms with Crippen molar-refractivity contribution in [1.29, 1.82) is 0 Å². The lowest BCUT2D eigenvalue weighted by Gasteiger charge is -2.14. The van der Waals surface area contributed by atoms with Crippen LogP contribution in [0.2, 0.25) is 0 Å². The number of benzene rings is 2. The fourth-order valence-corrected chi connectivity index (χ4v) is 3.15. The molecule has 0 amide bonds. The Kier molecular flexibility index (Phi) is 5.28. The summed E-state index contributed by atoms with van der Waals surface area (Å²) in [6.07, 6.45) is 0. The molecular weight excluding hydrogens is 303 g/mol. The summed E-state index contributed by atoms with van der Waals surface area (Å²) in [4.78, 5) is 1.94. The first-order valence-corrected chi connectivity index (χ1v) is 8.33. The highest BCUT2D eigenvalue weighted by atomic mass is 32.2. The van der Waals surface area contributed by atoms with Gasteiger partial charge in [0.2, 0.25) is 10.0 Å². The fraction of sp³-hybridized carbons (Fsp3) is 0.250. The smallest absolute Gasteiger partial charge is 0.240 e. The number of hydrogen-bond acceptors (Lipinski definition) is 3. The van der Waals surface area contributed by atoms with E-state index in [1.54, 1.807) is 0 Å². The van der Waals surface area contributed by atoms with E-state index in [0.29, 0.717) is 0 Å². The highest BCUT2D eigenvalue weighted by molar-refractivity contribution is 7.89. The SMILES string of the molecule is CN(C)Cc1ccccc1CNS(=O)(=O)c1cccc(F)c1. The molecule has 4 nitrogen and oxygen atoms in total. The van der Waals surface area contributed by atoms with Crippen molar-refractivity contribution >= 4 is 10.0 Å². The summed E-state index contributed by atoms with van der Waals surface area (Å²) in [5.41, 5.74) is 1.95. The molecule has 118 valence electrons. The lowest BCUT2D eigenvalue weighted by atomic mass is 10.1. The zero-order valence-corrected chi connectivity index (χ0v) is 13.4. The van der Waals surface area contributed by atoms with Gasteiger partial charge in [-0.05, 0) is 43.4 Å². The van der Waals surface area contributed by atoms with Gasteiger partial charge in [0, 0.05) is 13.1 Å². The predicted octanol–water partition coefficient (Wildman–Crippen LogP) is 2.37. The summed E-state index contributed by atoms with van der Waals surface area (Å²) in [6.45, 7) is 0.890. The lowest BCUT2D eigenvalue weighted by molar-refractivity contribution is 0.400. The maximum Gasteiger partial charge on any atom is 0.240 e. The van der Waals surface area contributed by atoms with Gasteiger partial charge in [-0.15, -0.1) is 0 Å². The van der Waals surface area contributed by atoms with Crippen LogP contribution < -0.4 is 4.72 Å². The minimum absolute atomic E-state index is 0.0717. The third kappa shape index (κ3) is 4.37. The van der Waals surface area contributed by atoms with Crippen molar-refractivity contribution in [3.05, 3.63) is 65.5 Å². The third-order valence-corrected chi connectivity index (χ3v) is 4.56. The third-order valence-electron chi connectivity index (χ3n) is 3.16. The number of nitrogens with zero attached hydrogens (tertiary/aromatic N) is 1. The van der Waals surface area contributed by atoms with E-state index in [9.17, 15) is 12.8 Å². The summed E-state index contributed by atoms with van der Waals surface area (Å²) in [6, 6.07) is 12.6. The molecule has 0 aliphatic heterocycles. The van der Waals surface area contributed by atoms with Crippen molar-refractivity contribution < 1.29 is 12.8 Å². The standard InChI is InChI=1S/C16H19FN2O2S/c1-19(2)12-14-7-4-3-6-13(14)11-18-22(20,21)16-9-5-8-15(17)10-16/h3-10,18H,11-12H2,1-2H3. The average molecular weight is 322 g/mol. The highest BCUT2D eigenvalue weighted by Crippen LogP contribution is 2.14. The number of halogens is 1. The van der Waals surface area contributed by atoms with Crippen LogP contribution in [-0.2, 0) is 23.1 Å². The van der Waals surface area contributed by atoms with E-state index in [-0.39, 0.29) is 11.4 Å². The summed E-state index contributed by atoms with van der Waals surface area (Å²) in [7, 11) is 0.174. The Morgan fingerprint density at radius 3 is 2.36 bits per heavy atom. The van der Waals surface area contributed by atoms with E-state index in [0.717, 1.165) is 23.7 Å². The Labute approximate surface area is 130 Å². The molecule has 22 heavy (non-hydrogen) atoms. The topological polar surface area (TPSA) is 49.4 Å². The van der Waals surface area contributed by atoms with Crippen LogP contribution in [0.4, 0.5) is 4.39 Å². The van der Waals surface area contributed by atoms with Gasteiger partial charge in [-0.3, -0.25) is 0 Å².